The van der Waals surface area contributed by atoms with Gasteiger partial charge in [-0.1, -0.05) is 25.1 Å². The highest BCUT2D eigenvalue weighted by Gasteiger charge is 2.42. The van der Waals surface area contributed by atoms with Crippen molar-refractivity contribution in [3.8, 4) is 11.4 Å². The second-order valence-corrected chi connectivity index (χ2v) is 10.1. The molecule has 2 atom stereocenters. The standard InChI is InChI=1S/C31H33N5O2S/c1-6-22-10-12-23(13-11-22)35-19(2)17-25(20(35)3)30-29(26-9-7-8-16-32-26)34-31(39)36(30)24-14-15-28(38-5)27(18-24)33-21(4)37/h7-18,29-30H,6H2,1-5H3,(H,33,37)(H,34,39)/t29-,30+/m0/s1. The molecule has 3 heterocycles. The van der Waals surface area contributed by atoms with E-state index in [1.54, 1.807) is 13.3 Å². The number of benzene rings is 2. The lowest BCUT2D eigenvalue weighted by Gasteiger charge is -2.29. The molecular weight excluding hydrogens is 506 g/mol. The van der Waals surface area contributed by atoms with Crippen LogP contribution < -0.4 is 20.3 Å². The third-order valence-electron chi connectivity index (χ3n) is 7.26. The summed E-state index contributed by atoms with van der Waals surface area (Å²) >= 11 is 5.93. The third kappa shape index (κ3) is 5.00. The molecule has 0 bridgehead atoms. The van der Waals surface area contributed by atoms with Crippen molar-refractivity contribution in [1.82, 2.24) is 14.9 Å². The molecular formula is C31H33N5O2S. The molecule has 7 nitrogen and oxygen atoms in total. The number of amides is 1. The maximum atomic E-state index is 11.9. The number of ether oxygens (including phenoxy) is 1. The van der Waals surface area contributed by atoms with E-state index in [9.17, 15) is 4.79 Å². The van der Waals surface area contributed by atoms with Gasteiger partial charge in [-0.3, -0.25) is 9.78 Å². The van der Waals surface area contributed by atoms with Gasteiger partial charge in [-0.25, -0.2) is 0 Å². The van der Waals surface area contributed by atoms with Crippen molar-refractivity contribution >= 4 is 34.6 Å². The number of pyridine rings is 1. The number of rotatable bonds is 7. The minimum absolute atomic E-state index is 0.173. The average Bonchev–Trinajstić information content (AvgIpc) is 3.43. The lowest BCUT2D eigenvalue weighted by Crippen LogP contribution is -2.29. The zero-order chi connectivity index (χ0) is 27.7. The fourth-order valence-corrected chi connectivity index (χ4v) is 5.79. The number of anilines is 2. The van der Waals surface area contributed by atoms with E-state index in [4.69, 9.17) is 17.0 Å². The van der Waals surface area contributed by atoms with Crippen LogP contribution in [0.5, 0.6) is 5.75 Å². The van der Waals surface area contributed by atoms with Gasteiger partial charge in [0.15, 0.2) is 5.11 Å². The quantitative estimate of drug-likeness (QED) is 0.273. The van der Waals surface area contributed by atoms with Gasteiger partial charge in [-0.05, 0) is 92.1 Å². The van der Waals surface area contributed by atoms with E-state index in [-0.39, 0.29) is 18.0 Å². The molecule has 1 amide bonds. The summed E-state index contributed by atoms with van der Waals surface area (Å²) in [5, 5.41) is 7.01. The highest BCUT2D eigenvalue weighted by atomic mass is 32.1. The predicted octanol–water partition coefficient (Wildman–Crippen LogP) is 6.20. The Morgan fingerprint density at radius 2 is 1.82 bits per heavy atom. The lowest BCUT2D eigenvalue weighted by atomic mass is 9.96. The first-order valence-corrected chi connectivity index (χ1v) is 13.5. The first kappa shape index (κ1) is 26.4. The number of nitrogens with one attached hydrogen (secondary N) is 2. The van der Waals surface area contributed by atoms with Gasteiger partial charge in [0.05, 0.1) is 30.6 Å². The first-order chi connectivity index (χ1) is 18.8. The third-order valence-corrected chi connectivity index (χ3v) is 7.58. The number of hydrogen-bond donors (Lipinski definition) is 2. The maximum Gasteiger partial charge on any atom is 0.221 e. The van der Waals surface area contributed by atoms with Crippen LogP contribution in [0.4, 0.5) is 11.4 Å². The molecule has 2 N–H and O–H groups in total. The molecule has 0 aliphatic carbocycles. The van der Waals surface area contributed by atoms with E-state index in [0.717, 1.165) is 40.4 Å². The second kappa shape index (κ2) is 10.9. The zero-order valence-electron chi connectivity index (χ0n) is 22.9. The predicted molar refractivity (Wildman–Crippen MR) is 160 cm³/mol. The summed E-state index contributed by atoms with van der Waals surface area (Å²) in [5.74, 6) is 0.409. The minimum atomic E-state index is -0.180. The molecule has 0 spiro atoms. The zero-order valence-corrected chi connectivity index (χ0v) is 23.7. The molecule has 200 valence electrons. The Kier molecular flexibility index (Phi) is 7.39. The van der Waals surface area contributed by atoms with Gasteiger partial charge in [-0.2, -0.15) is 0 Å². The Morgan fingerprint density at radius 3 is 2.46 bits per heavy atom. The van der Waals surface area contributed by atoms with Crippen molar-refractivity contribution in [1.29, 1.82) is 0 Å². The van der Waals surface area contributed by atoms with Gasteiger partial charge in [0.1, 0.15) is 5.75 Å². The van der Waals surface area contributed by atoms with Gasteiger partial charge < -0.3 is 24.8 Å². The van der Waals surface area contributed by atoms with Crippen molar-refractivity contribution in [3.05, 3.63) is 101 Å². The summed E-state index contributed by atoms with van der Waals surface area (Å²) in [5.41, 5.74) is 8.19. The number of aryl methyl sites for hydroxylation is 2. The van der Waals surface area contributed by atoms with Crippen LogP contribution in [-0.2, 0) is 11.2 Å². The summed E-state index contributed by atoms with van der Waals surface area (Å²) in [4.78, 5) is 18.7. The Balaban J connectivity index is 1.66. The van der Waals surface area contributed by atoms with Crippen LogP contribution in [0.25, 0.3) is 5.69 Å². The van der Waals surface area contributed by atoms with E-state index >= 15 is 0 Å². The van der Waals surface area contributed by atoms with E-state index in [1.807, 2.05) is 36.4 Å². The van der Waals surface area contributed by atoms with Gasteiger partial charge in [0.25, 0.3) is 0 Å². The molecule has 1 aliphatic rings. The van der Waals surface area contributed by atoms with E-state index in [0.29, 0.717) is 16.5 Å². The summed E-state index contributed by atoms with van der Waals surface area (Å²) in [7, 11) is 1.59. The highest BCUT2D eigenvalue weighted by molar-refractivity contribution is 7.80. The van der Waals surface area contributed by atoms with E-state index in [1.165, 1.54) is 12.5 Å². The number of nitrogens with zero attached hydrogens (tertiary/aromatic N) is 3. The van der Waals surface area contributed by atoms with Gasteiger partial charge in [-0.15, -0.1) is 0 Å². The first-order valence-electron chi connectivity index (χ1n) is 13.1. The summed E-state index contributed by atoms with van der Waals surface area (Å²) < 4.78 is 7.79. The molecule has 1 fully saturated rings. The molecule has 1 aliphatic heterocycles. The number of aromatic nitrogens is 2. The second-order valence-electron chi connectivity index (χ2n) is 9.74. The van der Waals surface area contributed by atoms with Crippen LogP contribution in [0, 0.1) is 13.8 Å². The largest absolute Gasteiger partial charge is 0.495 e. The lowest BCUT2D eigenvalue weighted by molar-refractivity contribution is -0.114. The van der Waals surface area contributed by atoms with Crippen LogP contribution in [0.15, 0.2) is 72.9 Å². The normalized spacial score (nSPS) is 16.7. The Labute approximate surface area is 234 Å². The molecule has 4 aromatic rings. The van der Waals surface area contributed by atoms with Crippen LogP contribution >= 0.6 is 12.2 Å². The Hall–Kier alpha value is -4.17. The van der Waals surface area contributed by atoms with Gasteiger partial charge in [0.2, 0.25) is 5.91 Å². The number of hydrogen-bond acceptors (Lipinski definition) is 4. The molecule has 5 rings (SSSR count). The molecule has 0 radical (unpaired) electrons. The number of carbonyl (C=O) groups is 1. The summed E-state index contributed by atoms with van der Waals surface area (Å²) in [6, 6.07) is 22.3. The number of carbonyl (C=O) groups excluding carboxylic acids is 1. The van der Waals surface area contributed by atoms with Crippen molar-refractivity contribution in [3.63, 3.8) is 0 Å². The Bertz CT molecular complexity index is 1510. The van der Waals surface area contributed by atoms with Crippen LogP contribution in [0.2, 0.25) is 0 Å². The average molecular weight is 540 g/mol. The fraction of sp³-hybridized carbons (Fsp3) is 0.258. The SMILES string of the molecule is CCc1ccc(-n2c(C)cc([C@@H]3[C@H](c4ccccn4)NC(=S)N3c3ccc(OC)c(NC(C)=O)c3)c2C)cc1. The van der Waals surface area contributed by atoms with Crippen molar-refractivity contribution in [2.75, 3.05) is 17.3 Å². The Morgan fingerprint density at radius 1 is 1.08 bits per heavy atom. The highest BCUT2D eigenvalue weighted by Crippen LogP contribution is 2.45. The molecule has 0 saturated carbocycles. The molecule has 8 heteroatoms. The van der Waals surface area contributed by atoms with Crippen LogP contribution in [0.3, 0.4) is 0 Å². The van der Waals surface area contributed by atoms with E-state index in [2.05, 4.69) is 76.2 Å². The fourth-order valence-electron chi connectivity index (χ4n) is 5.45. The molecule has 0 unspecified atom stereocenters. The minimum Gasteiger partial charge on any atom is -0.495 e. The number of thiocarbonyl (C=S) groups is 1. The summed E-state index contributed by atoms with van der Waals surface area (Å²) in [6.45, 7) is 7.93. The molecule has 2 aromatic heterocycles. The smallest absolute Gasteiger partial charge is 0.221 e. The maximum absolute atomic E-state index is 11.9. The van der Waals surface area contributed by atoms with E-state index < -0.39 is 0 Å². The van der Waals surface area contributed by atoms with Crippen molar-refractivity contribution in [2.24, 2.45) is 0 Å². The van der Waals surface area contributed by atoms with Crippen LogP contribution in [-0.4, -0.2) is 27.7 Å². The molecule has 2 aromatic carbocycles. The monoisotopic (exact) mass is 539 g/mol. The topological polar surface area (TPSA) is 71.4 Å². The van der Waals surface area contributed by atoms with Crippen LogP contribution in [0.1, 0.15) is 54.1 Å². The van der Waals surface area contributed by atoms with Crippen molar-refractivity contribution in [2.45, 2.75) is 46.2 Å². The summed E-state index contributed by atoms with van der Waals surface area (Å²) in [6.07, 6.45) is 2.81. The van der Waals surface area contributed by atoms with Gasteiger partial charge >= 0.3 is 0 Å². The number of methoxy groups -OCH3 is 1. The molecule has 39 heavy (non-hydrogen) atoms. The van der Waals surface area contributed by atoms with Crippen molar-refractivity contribution < 1.29 is 9.53 Å². The molecule has 1 saturated heterocycles. The van der Waals surface area contributed by atoms with Gasteiger partial charge in [0, 0.05) is 35.9 Å².